The molecule has 12 heteroatoms. The topological polar surface area (TPSA) is 110 Å². The van der Waals surface area contributed by atoms with Crippen LogP contribution in [0.15, 0.2) is 122 Å². The molecule has 1 aliphatic rings. The van der Waals surface area contributed by atoms with Crippen molar-refractivity contribution in [2.24, 2.45) is 0 Å². The van der Waals surface area contributed by atoms with E-state index in [-0.39, 0.29) is 13.0 Å². The van der Waals surface area contributed by atoms with E-state index in [4.69, 9.17) is 8.74 Å². The highest BCUT2D eigenvalue weighted by Crippen LogP contribution is 2.50. The van der Waals surface area contributed by atoms with Crippen LogP contribution in [0.2, 0.25) is 0 Å². The summed E-state index contributed by atoms with van der Waals surface area (Å²) >= 11 is 1.03. The fraction of sp³-hybridized carbons (Fsp3) is 0.366. The first kappa shape index (κ1) is 42.8. The molecule has 0 fully saturated rings. The molecular weight excluding hydrogens is 745 g/mol. The normalized spacial score (nSPS) is 15.1. The van der Waals surface area contributed by atoms with E-state index in [9.17, 15) is 17.2 Å². The maximum atomic E-state index is 11.3. The van der Waals surface area contributed by atoms with Crippen LogP contribution >= 0.6 is 23.5 Å². The van der Waals surface area contributed by atoms with Crippen molar-refractivity contribution in [3.05, 3.63) is 112 Å². The lowest BCUT2D eigenvalue weighted by molar-refractivity contribution is 0.303. The van der Waals surface area contributed by atoms with Crippen molar-refractivity contribution >= 4 is 72.2 Å². The number of nitrogens with zero attached hydrogens (tertiary/aromatic N) is 2. The van der Waals surface area contributed by atoms with E-state index in [1.165, 1.54) is 19.6 Å². The third-order valence-electron chi connectivity index (χ3n) is 9.01. The third-order valence-corrected chi connectivity index (χ3v) is 12.4. The molecule has 0 radical (unpaired) electrons. The first-order valence-corrected chi connectivity index (χ1v) is 22.4. The molecule has 0 saturated heterocycles. The van der Waals surface area contributed by atoms with Gasteiger partial charge >= 0.3 is 11.4 Å². The minimum Gasteiger partial charge on any atom is -0.748 e. The molecule has 5 rings (SSSR count). The molecule has 0 amide bonds. The maximum Gasteiger partial charge on any atom is 0.301 e. The van der Waals surface area contributed by atoms with Crippen LogP contribution in [0.1, 0.15) is 60.3 Å². The Morgan fingerprint density at radius 2 is 1.60 bits per heavy atom. The Balaban J connectivity index is 0.000000815. The lowest BCUT2D eigenvalue weighted by Crippen LogP contribution is -2.21. The highest BCUT2D eigenvalue weighted by molar-refractivity contribution is 8.04. The monoisotopic (exact) mass is 795 g/mol. The molecule has 1 heterocycles. The van der Waals surface area contributed by atoms with Crippen LogP contribution in [0.4, 0.5) is 5.69 Å². The number of anilines is 1. The van der Waals surface area contributed by atoms with Gasteiger partial charge < -0.3 is 14.4 Å². The number of hydrogen-bond donors (Lipinski definition) is 1. The summed E-state index contributed by atoms with van der Waals surface area (Å²) in [7, 11) is -4.29. The molecule has 1 aliphatic heterocycles. The first-order chi connectivity index (χ1) is 25.5. The largest absolute Gasteiger partial charge is 0.748 e. The molecule has 53 heavy (non-hydrogen) atoms. The van der Waals surface area contributed by atoms with Gasteiger partial charge in [0.05, 0.1) is 27.4 Å². The molecule has 4 aromatic carbocycles. The lowest BCUT2D eigenvalue weighted by Gasteiger charge is -2.22. The fourth-order valence-corrected chi connectivity index (χ4v) is 9.04. The Labute approximate surface area is 327 Å². The summed E-state index contributed by atoms with van der Waals surface area (Å²) in [5.41, 5.74) is 3.23. The van der Waals surface area contributed by atoms with E-state index >= 15 is 0 Å². The molecule has 0 spiro atoms. The molecule has 0 aliphatic carbocycles. The Morgan fingerprint density at radius 3 is 2.25 bits per heavy atom. The molecule has 8 nitrogen and oxygen atoms in total. The predicted molar refractivity (Wildman–Crippen MR) is 225 cm³/mol. The van der Waals surface area contributed by atoms with Gasteiger partial charge in [0, 0.05) is 32.4 Å². The third kappa shape index (κ3) is 13.1. The Hall–Kier alpha value is -2.94. The number of allylic oxidation sites excluding steroid dienone is 4. The highest BCUT2D eigenvalue weighted by Gasteiger charge is 2.27. The average Bonchev–Trinajstić information content (AvgIpc) is 3.50. The second kappa shape index (κ2) is 21.2. The van der Waals surface area contributed by atoms with Gasteiger partial charge in [0.25, 0.3) is 0 Å². The smallest absolute Gasteiger partial charge is 0.301 e. The number of rotatable bonds is 17. The molecule has 1 unspecified atom stereocenters. The number of thioether (sulfide) groups is 2. The van der Waals surface area contributed by atoms with E-state index in [2.05, 4.69) is 104 Å². The van der Waals surface area contributed by atoms with Crippen LogP contribution < -0.4 is 4.90 Å². The van der Waals surface area contributed by atoms with Gasteiger partial charge in [-0.3, -0.25) is 8.74 Å². The quantitative estimate of drug-likeness (QED) is 0.0365. The molecule has 0 bridgehead atoms. The fourth-order valence-electron chi connectivity index (χ4n) is 6.03. The van der Waals surface area contributed by atoms with E-state index < -0.39 is 27.2 Å². The summed E-state index contributed by atoms with van der Waals surface area (Å²) in [5, 5.41) is 5.63. The Morgan fingerprint density at radius 1 is 0.943 bits per heavy atom. The SMILES string of the molecule is CCC(=CC(Sc1ccc2ccccc2c1)=C(C)CCCS(=O)(=O)[O-])C=C1Sc2ccc3ccccc3c2N1CCCOS(=O)O.CCN(CC)CC. The van der Waals surface area contributed by atoms with Crippen molar-refractivity contribution in [3.63, 3.8) is 0 Å². The molecular formula is C41H51N2O6S4-. The zero-order valence-electron chi connectivity index (χ0n) is 31.2. The van der Waals surface area contributed by atoms with Gasteiger partial charge in [-0.25, -0.2) is 8.42 Å². The minimum atomic E-state index is -4.29. The van der Waals surface area contributed by atoms with Crippen molar-refractivity contribution in [1.82, 2.24) is 4.90 Å². The molecule has 1 atom stereocenters. The minimum absolute atomic E-state index is 0.154. The summed E-state index contributed by atoms with van der Waals surface area (Å²) in [6.45, 7) is 15.0. The van der Waals surface area contributed by atoms with Crippen LogP contribution in [0, 0.1) is 0 Å². The summed E-state index contributed by atoms with van der Waals surface area (Å²) in [5.74, 6) is -0.391. The second-order valence-corrected chi connectivity index (χ2v) is 16.9. The summed E-state index contributed by atoms with van der Waals surface area (Å²) in [6, 6.07) is 27.1. The van der Waals surface area contributed by atoms with Crippen molar-refractivity contribution in [2.45, 2.75) is 70.1 Å². The van der Waals surface area contributed by atoms with Crippen LogP contribution in [-0.2, 0) is 25.7 Å². The van der Waals surface area contributed by atoms with Crippen molar-refractivity contribution in [2.75, 3.05) is 43.4 Å². The highest BCUT2D eigenvalue weighted by atomic mass is 32.2. The maximum absolute atomic E-state index is 11.3. The zero-order valence-corrected chi connectivity index (χ0v) is 34.5. The van der Waals surface area contributed by atoms with Crippen LogP contribution in [0.3, 0.4) is 0 Å². The summed E-state index contributed by atoms with van der Waals surface area (Å²) in [4.78, 5) is 7.87. The first-order valence-electron chi connectivity index (χ1n) is 18.1. The predicted octanol–water partition coefficient (Wildman–Crippen LogP) is 10.4. The van der Waals surface area contributed by atoms with E-state index in [0.29, 0.717) is 19.4 Å². The molecule has 0 saturated carbocycles. The number of fused-ring (bicyclic) bond motifs is 4. The van der Waals surface area contributed by atoms with Crippen LogP contribution in [-0.4, -0.2) is 65.2 Å². The van der Waals surface area contributed by atoms with Crippen molar-refractivity contribution in [1.29, 1.82) is 0 Å². The van der Waals surface area contributed by atoms with Crippen molar-refractivity contribution in [3.8, 4) is 0 Å². The molecule has 4 aromatic rings. The Bertz CT molecular complexity index is 2050. The molecule has 286 valence electrons. The molecule has 0 aromatic heterocycles. The zero-order chi connectivity index (χ0) is 38.4. The van der Waals surface area contributed by atoms with Gasteiger partial charge in [-0.2, -0.15) is 4.21 Å². The summed E-state index contributed by atoms with van der Waals surface area (Å²) in [6.07, 6.45) is 6.44. The average molecular weight is 796 g/mol. The van der Waals surface area contributed by atoms with E-state index in [1.54, 1.807) is 23.5 Å². The van der Waals surface area contributed by atoms with Crippen LogP contribution in [0.25, 0.3) is 21.5 Å². The van der Waals surface area contributed by atoms with Gasteiger partial charge in [-0.15, -0.1) is 0 Å². The van der Waals surface area contributed by atoms with Gasteiger partial charge in [0.2, 0.25) is 0 Å². The van der Waals surface area contributed by atoms with Crippen LogP contribution in [0.5, 0.6) is 0 Å². The van der Waals surface area contributed by atoms with Gasteiger partial charge in [-0.1, -0.05) is 117 Å². The summed E-state index contributed by atoms with van der Waals surface area (Å²) < 4.78 is 59.0. The van der Waals surface area contributed by atoms with Gasteiger partial charge in [-0.05, 0) is 104 Å². The molecule has 1 N–H and O–H groups in total. The Kier molecular flexibility index (Phi) is 17.1. The number of benzene rings is 4. The van der Waals surface area contributed by atoms with E-state index in [0.717, 1.165) is 64.5 Å². The van der Waals surface area contributed by atoms with E-state index in [1.807, 2.05) is 31.2 Å². The van der Waals surface area contributed by atoms with Crippen molar-refractivity contribution < 1.29 is 25.9 Å². The lowest BCUT2D eigenvalue weighted by atomic mass is 10.1. The number of hydrogen-bond acceptors (Lipinski definition) is 9. The standard InChI is InChI=1S/C35H37NO6S4.C6H15N/c1-3-26(22-33(25(2)10-8-21-46(39,40)41)43-30-17-15-27-11-4-5-13-29(27)24-30)23-34-36(19-9-20-42-45(37)38)35-31-14-7-6-12-28(31)16-18-32(35)44-34;1-4-7(5-2)6-3/h4-7,11-18,22-24H,3,8-10,19-21H2,1-2H3,(H,37,38)(H,39,40,41);4-6H2,1-3H3/p-1. The van der Waals surface area contributed by atoms with Gasteiger partial charge in [0.15, 0.2) is 0 Å². The second-order valence-electron chi connectivity index (χ2n) is 12.6. The van der Waals surface area contributed by atoms with Gasteiger partial charge in [0.1, 0.15) is 0 Å².